The molecule has 0 aromatic heterocycles. The Kier molecular flexibility index (Phi) is 5.10. The summed E-state index contributed by atoms with van der Waals surface area (Å²) in [6.45, 7) is 0.915. The summed E-state index contributed by atoms with van der Waals surface area (Å²) in [5.74, 6) is 0.324. The summed E-state index contributed by atoms with van der Waals surface area (Å²) in [5, 5.41) is 3.22. The molecule has 1 atom stereocenters. The van der Waals surface area contributed by atoms with Gasteiger partial charge in [-0.05, 0) is 43.0 Å². The summed E-state index contributed by atoms with van der Waals surface area (Å²) in [7, 11) is 1.96. The smallest absolute Gasteiger partial charge is 0.126 e. The zero-order valence-corrected chi connectivity index (χ0v) is 11.3. The number of benzene rings is 2. The normalized spacial score (nSPS) is 12.3. The second-order valence-electron chi connectivity index (χ2n) is 4.80. The second kappa shape index (κ2) is 7.05. The molecule has 0 aliphatic rings. The van der Waals surface area contributed by atoms with E-state index in [1.165, 1.54) is 11.6 Å². The van der Waals surface area contributed by atoms with Gasteiger partial charge in [-0.3, -0.25) is 0 Å². The van der Waals surface area contributed by atoms with Gasteiger partial charge in [-0.15, -0.1) is 0 Å². The lowest BCUT2D eigenvalue weighted by atomic mass is 9.92. The fourth-order valence-corrected chi connectivity index (χ4v) is 2.39. The molecular formula is C17H20FN. The van der Waals surface area contributed by atoms with Crippen molar-refractivity contribution in [3.63, 3.8) is 0 Å². The first-order valence-electron chi connectivity index (χ1n) is 6.74. The number of likely N-dealkylation sites (N-methyl/N-ethyl adjacent to an activating group) is 1. The van der Waals surface area contributed by atoms with Gasteiger partial charge in [0.2, 0.25) is 0 Å². The Balaban J connectivity index is 2.04. The Labute approximate surface area is 114 Å². The summed E-state index contributed by atoms with van der Waals surface area (Å²) in [4.78, 5) is 0. The Morgan fingerprint density at radius 3 is 2.37 bits per heavy atom. The van der Waals surface area contributed by atoms with Crippen molar-refractivity contribution in [2.75, 3.05) is 13.6 Å². The van der Waals surface area contributed by atoms with E-state index >= 15 is 0 Å². The van der Waals surface area contributed by atoms with Gasteiger partial charge in [-0.1, -0.05) is 48.5 Å². The van der Waals surface area contributed by atoms with E-state index in [-0.39, 0.29) is 5.82 Å². The molecule has 1 unspecified atom stereocenters. The molecule has 2 aromatic carbocycles. The van der Waals surface area contributed by atoms with Crippen LogP contribution in [-0.4, -0.2) is 13.6 Å². The lowest BCUT2D eigenvalue weighted by molar-refractivity contribution is 0.561. The van der Waals surface area contributed by atoms with Crippen molar-refractivity contribution in [2.24, 2.45) is 0 Å². The fraction of sp³-hybridized carbons (Fsp3) is 0.294. The molecule has 0 aliphatic carbocycles. The number of rotatable bonds is 6. The molecule has 0 aliphatic heterocycles. The van der Waals surface area contributed by atoms with Crippen LogP contribution in [-0.2, 0) is 6.42 Å². The highest BCUT2D eigenvalue weighted by Gasteiger charge is 2.11. The first kappa shape index (κ1) is 13.8. The van der Waals surface area contributed by atoms with E-state index in [0.717, 1.165) is 24.9 Å². The van der Waals surface area contributed by atoms with Crippen LogP contribution in [0.3, 0.4) is 0 Å². The number of halogens is 1. The molecule has 0 heterocycles. The van der Waals surface area contributed by atoms with Crippen LogP contribution in [0.5, 0.6) is 0 Å². The van der Waals surface area contributed by atoms with Crippen molar-refractivity contribution in [2.45, 2.75) is 18.8 Å². The van der Waals surface area contributed by atoms with Crippen LogP contribution >= 0.6 is 0 Å². The minimum absolute atomic E-state index is 0.0984. The molecule has 19 heavy (non-hydrogen) atoms. The first-order valence-corrected chi connectivity index (χ1v) is 6.74. The third kappa shape index (κ3) is 3.90. The fourth-order valence-electron chi connectivity index (χ4n) is 2.39. The van der Waals surface area contributed by atoms with Gasteiger partial charge in [0.25, 0.3) is 0 Å². The largest absolute Gasteiger partial charge is 0.319 e. The van der Waals surface area contributed by atoms with Crippen LogP contribution in [0.2, 0.25) is 0 Å². The van der Waals surface area contributed by atoms with Crippen molar-refractivity contribution in [1.29, 1.82) is 0 Å². The average molecular weight is 257 g/mol. The van der Waals surface area contributed by atoms with Crippen molar-refractivity contribution >= 4 is 0 Å². The Morgan fingerprint density at radius 2 is 1.68 bits per heavy atom. The Morgan fingerprint density at radius 1 is 1.00 bits per heavy atom. The molecule has 0 saturated carbocycles. The second-order valence-corrected chi connectivity index (χ2v) is 4.80. The van der Waals surface area contributed by atoms with Crippen molar-refractivity contribution in [1.82, 2.24) is 5.32 Å². The monoisotopic (exact) mass is 257 g/mol. The van der Waals surface area contributed by atoms with Gasteiger partial charge in [0.15, 0.2) is 0 Å². The Hall–Kier alpha value is -1.67. The van der Waals surface area contributed by atoms with Crippen molar-refractivity contribution in [3.05, 3.63) is 71.5 Å². The van der Waals surface area contributed by atoms with Gasteiger partial charge >= 0.3 is 0 Å². The highest BCUT2D eigenvalue weighted by atomic mass is 19.1. The summed E-state index contributed by atoms with van der Waals surface area (Å²) in [6.07, 6.45) is 1.72. The van der Waals surface area contributed by atoms with E-state index in [0.29, 0.717) is 5.92 Å². The van der Waals surface area contributed by atoms with Crippen LogP contribution in [0.1, 0.15) is 23.5 Å². The van der Waals surface area contributed by atoms with Gasteiger partial charge in [0.1, 0.15) is 5.82 Å². The first-order chi connectivity index (χ1) is 9.31. The maximum Gasteiger partial charge on any atom is 0.126 e. The minimum atomic E-state index is -0.0984. The molecule has 100 valence electrons. The molecule has 0 radical (unpaired) electrons. The van der Waals surface area contributed by atoms with Gasteiger partial charge in [0, 0.05) is 6.54 Å². The molecule has 0 bridgehead atoms. The van der Waals surface area contributed by atoms with Crippen LogP contribution in [0.25, 0.3) is 0 Å². The number of nitrogens with one attached hydrogen (secondary N) is 1. The average Bonchev–Trinajstić information content (AvgIpc) is 2.46. The van der Waals surface area contributed by atoms with E-state index < -0.39 is 0 Å². The number of hydrogen-bond donors (Lipinski definition) is 1. The maximum absolute atomic E-state index is 13.6. The van der Waals surface area contributed by atoms with Crippen LogP contribution in [0, 0.1) is 5.82 Å². The Bertz CT molecular complexity index is 496. The number of hydrogen-bond acceptors (Lipinski definition) is 1. The molecule has 2 rings (SSSR count). The lowest BCUT2D eigenvalue weighted by Gasteiger charge is -2.17. The van der Waals surface area contributed by atoms with Gasteiger partial charge in [-0.2, -0.15) is 0 Å². The van der Waals surface area contributed by atoms with Crippen LogP contribution < -0.4 is 5.32 Å². The lowest BCUT2D eigenvalue weighted by Crippen LogP contribution is -2.18. The van der Waals surface area contributed by atoms with E-state index in [1.54, 1.807) is 6.07 Å². The highest BCUT2D eigenvalue weighted by molar-refractivity contribution is 5.22. The summed E-state index contributed by atoms with van der Waals surface area (Å²) < 4.78 is 13.6. The highest BCUT2D eigenvalue weighted by Crippen LogP contribution is 2.21. The van der Waals surface area contributed by atoms with Crippen molar-refractivity contribution in [3.8, 4) is 0 Å². The summed E-state index contributed by atoms with van der Waals surface area (Å²) in [6, 6.07) is 17.5. The van der Waals surface area contributed by atoms with Crippen molar-refractivity contribution < 1.29 is 4.39 Å². The molecular weight excluding hydrogens is 237 g/mol. The molecule has 2 heteroatoms. The van der Waals surface area contributed by atoms with Gasteiger partial charge in [-0.25, -0.2) is 4.39 Å². The minimum Gasteiger partial charge on any atom is -0.319 e. The SMILES string of the molecule is CNCC(CCc1ccccc1F)c1ccccc1. The molecule has 2 aromatic rings. The van der Waals surface area contributed by atoms with E-state index in [1.807, 2.05) is 25.2 Å². The molecule has 1 N–H and O–H groups in total. The third-order valence-corrected chi connectivity index (χ3v) is 3.44. The predicted molar refractivity (Wildman–Crippen MR) is 77.8 cm³/mol. The van der Waals surface area contributed by atoms with Gasteiger partial charge < -0.3 is 5.32 Å². The van der Waals surface area contributed by atoms with E-state index in [4.69, 9.17) is 0 Å². The standard InChI is InChI=1S/C17H20FN/c1-19-13-16(14-7-3-2-4-8-14)12-11-15-9-5-6-10-17(15)18/h2-10,16,19H,11-13H2,1H3. The summed E-state index contributed by atoms with van der Waals surface area (Å²) >= 11 is 0. The maximum atomic E-state index is 13.6. The van der Waals surface area contributed by atoms with Gasteiger partial charge in [0.05, 0.1) is 0 Å². The zero-order valence-electron chi connectivity index (χ0n) is 11.3. The molecule has 0 fully saturated rings. The summed E-state index contributed by atoms with van der Waals surface area (Å²) in [5.41, 5.74) is 2.12. The zero-order chi connectivity index (χ0) is 13.5. The topological polar surface area (TPSA) is 12.0 Å². The third-order valence-electron chi connectivity index (χ3n) is 3.44. The van der Waals surface area contributed by atoms with E-state index in [2.05, 4.69) is 29.6 Å². The van der Waals surface area contributed by atoms with E-state index in [9.17, 15) is 4.39 Å². The van der Waals surface area contributed by atoms with Crippen LogP contribution in [0.15, 0.2) is 54.6 Å². The molecule has 0 saturated heterocycles. The molecule has 0 spiro atoms. The predicted octanol–water partition coefficient (Wildman–Crippen LogP) is 3.76. The van der Waals surface area contributed by atoms with Crippen LogP contribution in [0.4, 0.5) is 4.39 Å². The number of aryl methyl sites for hydroxylation is 1. The quantitative estimate of drug-likeness (QED) is 0.830. The molecule has 1 nitrogen and oxygen atoms in total. The molecule has 0 amide bonds.